The van der Waals surface area contributed by atoms with E-state index in [0.717, 1.165) is 0 Å². The zero-order valence-corrected chi connectivity index (χ0v) is 6.38. The lowest BCUT2D eigenvalue weighted by Gasteiger charge is -2.05. The number of nitrogens with one attached hydrogen (secondary N) is 1. The van der Waals surface area contributed by atoms with Crippen LogP contribution in [0.1, 0.15) is 5.56 Å². The van der Waals surface area contributed by atoms with Crippen molar-refractivity contribution in [2.75, 3.05) is 5.32 Å². The Morgan fingerprint density at radius 1 is 1.58 bits per heavy atom. The van der Waals surface area contributed by atoms with Crippen LogP contribution in [0.25, 0.3) is 0 Å². The number of halogens is 1. The molecule has 0 fully saturated rings. The lowest BCUT2D eigenvalue weighted by atomic mass is 10.1. The highest BCUT2D eigenvalue weighted by Gasteiger charge is 2.04. The van der Waals surface area contributed by atoms with E-state index < -0.39 is 5.82 Å². The van der Waals surface area contributed by atoms with Crippen LogP contribution in [-0.4, -0.2) is 6.41 Å². The molecule has 0 unspecified atom stereocenters. The number of nitrogens with two attached hydrogens (primary N) is 1. The Hall–Kier alpha value is -1.42. The van der Waals surface area contributed by atoms with Gasteiger partial charge in [0.15, 0.2) is 0 Å². The van der Waals surface area contributed by atoms with E-state index in [2.05, 4.69) is 5.32 Å². The van der Waals surface area contributed by atoms with Crippen molar-refractivity contribution in [2.24, 2.45) is 5.73 Å². The van der Waals surface area contributed by atoms with Crippen molar-refractivity contribution in [2.45, 2.75) is 6.54 Å². The molecule has 12 heavy (non-hydrogen) atoms. The van der Waals surface area contributed by atoms with Crippen LogP contribution in [0.3, 0.4) is 0 Å². The Balaban J connectivity index is 3.08. The molecule has 0 saturated carbocycles. The highest BCUT2D eigenvalue weighted by atomic mass is 19.1. The van der Waals surface area contributed by atoms with E-state index in [4.69, 9.17) is 5.73 Å². The van der Waals surface area contributed by atoms with E-state index in [9.17, 15) is 9.18 Å². The van der Waals surface area contributed by atoms with Gasteiger partial charge >= 0.3 is 0 Å². The average molecular weight is 168 g/mol. The van der Waals surface area contributed by atoms with Crippen LogP contribution in [0, 0.1) is 5.82 Å². The number of benzene rings is 1. The van der Waals surface area contributed by atoms with E-state index in [-0.39, 0.29) is 6.54 Å². The van der Waals surface area contributed by atoms with Crippen LogP contribution < -0.4 is 11.1 Å². The Morgan fingerprint density at radius 3 is 2.92 bits per heavy atom. The Bertz CT molecular complexity index is 288. The monoisotopic (exact) mass is 168 g/mol. The average Bonchev–Trinajstić information content (AvgIpc) is 2.05. The Morgan fingerprint density at radius 2 is 2.33 bits per heavy atom. The predicted octanol–water partition coefficient (Wildman–Crippen LogP) is 0.853. The van der Waals surface area contributed by atoms with Crippen molar-refractivity contribution < 1.29 is 9.18 Å². The highest BCUT2D eigenvalue weighted by molar-refractivity contribution is 5.73. The van der Waals surface area contributed by atoms with E-state index >= 15 is 0 Å². The van der Waals surface area contributed by atoms with Crippen LogP contribution in [0.2, 0.25) is 0 Å². The number of rotatable bonds is 3. The second kappa shape index (κ2) is 3.82. The molecule has 0 aliphatic heterocycles. The van der Waals surface area contributed by atoms with Crippen LogP contribution in [0.4, 0.5) is 10.1 Å². The summed E-state index contributed by atoms with van der Waals surface area (Å²) in [5.74, 6) is -0.399. The molecule has 0 saturated heterocycles. The van der Waals surface area contributed by atoms with Gasteiger partial charge in [0.2, 0.25) is 6.41 Å². The molecule has 0 bridgehead atoms. The van der Waals surface area contributed by atoms with Crippen molar-refractivity contribution in [3.63, 3.8) is 0 Å². The second-order valence-corrected chi connectivity index (χ2v) is 2.23. The molecule has 1 amide bonds. The molecule has 1 rings (SSSR count). The molecule has 0 radical (unpaired) electrons. The van der Waals surface area contributed by atoms with Gasteiger partial charge in [-0.25, -0.2) is 4.39 Å². The molecule has 3 nitrogen and oxygen atoms in total. The maximum absolute atomic E-state index is 12.9. The molecule has 3 N–H and O–H groups in total. The number of carbonyl (C=O) groups is 1. The number of amides is 1. The van der Waals surface area contributed by atoms with Gasteiger partial charge in [-0.3, -0.25) is 4.79 Å². The largest absolute Gasteiger partial charge is 0.328 e. The maximum atomic E-state index is 12.9. The van der Waals surface area contributed by atoms with E-state index in [1.165, 1.54) is 12.1 Å². The standard InChI is InChI=1S/C8H9FN2O/c9-7-2-1-3-8(11-5-12)6(7)4-10/h1-3,5H,4,10H2,(H,11,12). The second-order valence-electron chi connectivity index (χ2n) is 2.23. The van der Waals surface area contributed by atoms with Crippen molar-refractivity contribution >= 4 is 12.1 Å². The molecule has 0 aromatic heterocycles. The number of anilines is 1. The summed E-state index contributed by atoms with van der Waals surface area (Å²) in [6, 6.07) is 4.41. The molecule has 4 heteroatoms. The first-order chi connectivity index (χ1) is 5.79. The smallest absolute Gasteiger partial charge is 0.211 e. The number of carbonyl (C=O) groups excluding carboxylic acids is 1. The van der Waals surface area contributed by atoms with Gasteiger partial charge in [-0.05, 0) is 12.1 Å². The van der Waals surface area contributed by atoms with Crippen molar-refractivity contribution in [3.8, 4) is 0 Å². The molecule has 0 aliphatic carbocycles. The summed E-state index contributed by atoms with van der Waals surface area (Å²) < 4.78 is 12.9. The normalized spacial score (nSPS) is 9.50. The zero-order valence-electron chi connectivity index (χ0n) is 6.38. The third kappa shape index (κ3) is 1.60. The fourth-order valence-electron chi connectivity index (χ4n) is 0.965. The molecule has 0 heterocycles. The van der Waals surface area contributed by atoms with Crippen molar-refractivity contribution in [3.05, 3.63) is 29.6 Å². The summed E-state index contributed by atoms with van der Waals surface area (Å²) in [6.07, 6.45) is 0.494. The molecule has 0 spiro atoms. The quantitative estimate of drug-likeness (QED) is 0.657. The molecule has 0 atom stereocenters. The fourth-order valence-corrected chi connectivity index (χ4v) is 0.965. The van der Waals surface area contributed by atoms with Gasteiger partial charge in [-0.2, -0.15) is 0 Å². The van der Waals surface area contributed by atoms with Crippen molar-refractivity contribution in [1.82, 2.24) is 0 Å². The van der Waals surface area contributed by atoms with Gasteiger partial charge in [0.1, 0.15) is 5.82 Å². The molecule has 0 aliphatic rings. The lowest BCUT2D eigenvalue weighted by molar-refractivity contribution is -0.105. The Labute approximate surface area is 69.4 Å². The van der Waals surface area contributed by atoms with Gasteiger partial charge in [-0.1, -0.05) is 6.07 Å². The third-order valence-corrected chi connectivity index (χ3v) is 1.54. The summed E-state index contributed by atoms with van der Waals surface area (Å²) in [5, 5.41) is 2.37. The highest BCUT2D eigenvalue weighted by Crippen LogP contribution is 2.17. The van der Waals surface area contributed by atoms with Crippen LogP contribution in [-0.2, 0) is 11.3 Å². The molecule has 1 aromatic carbocycles. The first-order valence-corrected chi connectivity index (χ1v) is 3.47. The maximum Gasteiger partial charge on any atom is 0.211 e. The topological polar surface area (TPSA) is 55.1 Å². The zero-order chi connectivity index (χ0) is 8.97. The van der Waals surface area contributed by atoms with Gasteiger partial charge in [0, 0.05) is 17.8 Å². The number of hydrogen-bond acceptors (Lipinski definition) is 2. The van der Waals surface area contributed by atoms with Crippen LogP contribution >= 0.6 is 0 Å². The van der Waals surface area contributed by atoms with Crippen molar-refractivity contribution in [1.29, 1.82) is 0 Å². The van der Waals surface area contributed by atoms with Gasteiger partial charge < -0.3 is 11.1 Å². The van der Waals surface area contributed by atoms with Gasteiger partial charge in [0.25, 0.3) is 0 Å². The number of hydrogen-bond donors (Lipinski definition) is 2. The van der Waals surface area contributed by atoms with Gasteiger partial charge in [0.05, 0.1) is 0 Å². The lowest BCUT2D eigenvalue weighted by Crippen LogP contribution is -2.05. The summed E-state index contributed by atoms with van der Waals surface area (Å²) in [7, 11) is 0. The molecular weight excluding hydrogens is 159 g/mol. The van der Waals surface area contributed by atoms with Gasteiger partial charge in [-0.15, -0.1) is 0 Å². The fraction of sp³-hybridized carbons (Fsp3) is 0.125. The molecule has 64 valence electrons. The molecular formula is C8H9FN2O. The summed E-state index contributed by atoms with van der Waals surface area (Å²) in [4.78, 5) is 10.1. The Kier molecular flexibility index (Phi) is 2.76. The van der Waals surface area contributed by atoms with Crippen LogP contribution in [0.15, 0.2) is 18.2 Å². The summed E-state index contributed by atoms with van der Waals surface area (Å²) in [6.45, 7) is 0.0723. The van der Waals surface area contributed by atoms with E-state index in [1.807, 2.05) is 0 Å². The first kappa shape index (κ1) is 8.67. The minimum Gasteiger partial charge on any atom is -0.328 e. The summed E-state index contributed by atoms with van der Waals surface area (Å²) in [5.41, 5.74) is 6.03. The minimum atomic E-state index is -0.399. The van der Waals surface area contributed by atoms with E-state index in [1.54, 1.807) is 6.07 Å². The SMILES string of the molecule is NCc1c(F)cccc1NC=O. The predicted molar refractivity (Wildman–Crippen MR) is 44.0 cm³/mol. The first-order valence-electron chi connectivity index (χ1n) is 3.47. The molecule has 1 aromatic rings. The minimum absolute atomic E-state index is 0.0723. The van der Waals surface area contributed by atoms with E-state index in [0.29, 0.717) is 17.7 Å². The summed E-state index contributed by atoms with van der Waals surface area (Å²) >= 11 is 0. The third-order valence-electron chi connectivity index (χ3n) is 1.54. The van der Waals surface area contributed by atoms with Crippen LogP contribution in [0.5, 0.6) is 0 Å².